The minimum atomic E-state index is -1.16. The molecule has 0 unspecified atom stereocenters. The second kappa shape index (κ2) is 7.37. The summed E-state index contributed by atoms with van der Waals surface area (Å²) in [5.41, 5.74) is 5.19. The summed E-state index contributed by atoms with van der Waals surface area (Å²) in [6, 6.07) is 2.78. The summed E-state index contributed by atoms with van der Waals surface area (Å²) < 4.78 is 0. The molecule has 1 heterocycles. The molecule has 1 aromatic heterocycles. The number of carbonyl (C=O) groups is 3. The molecular formula is C11H13N3O4S. The molecule has 0 saturated carbocycles. The van der Waals surface area contributed by atoms with Crippen LogP contribution in [0, 0.1) is 0 Å². The monoisotopic (exact) mass is 283 g/mol. The van der Waals surface area contributed by atoms with Gasteiger partial charge in [0, 0.05) is 24.1 Å². The number of amides is 2. The molecule has 0 fully saturated rings. The van der Waals surface area contributed by atoms with Crippen LogP contribution in [0.3, 0.4) is 0 Å². The number of pyridine rings is 1. The first-order valence-electron chi connectivity index (χ1n) is 5.34. The summed E-state index contributed by atoms with van der Waals surface area (Å²) in [5, 5.41) is 11.3. The van der Waals surface area contributed by atoms with Crippen LogP contribution < -0.4 is 11.1 Å². The lowest BCUT2D eigenvalue weighted by Gasteiger charge is -2.05. The first kappa shape index (κ1) is 15.0. The van der Waals surface area contributed by atoms with Gasteiger partial charge in [0.2, 0.25) is 11.8 Å². The van der Waals surface area contributed by atoms with E-state index in [-0.39, 0.29) is 23.8 Å². The van der Waals surface area contributed by atoms with Crippen LogP contribution >= 0.6 is 11.8 Å². The second-order valence-corrected chi connectivity index (χ2v) is 4.66. The van der Waals surface area contributed by atoms with Crippen LogP contribution in [0.2, 0.25) is 0 Å². The van der Waals surface area contributed by atoms with E-state index in [0.29, 0.717) is 11.4 Å². The molecule has 0 atom stereocenters. The van der Waals surface area contributed by atoms with Crippen molar-refractivity contribution in [3.8, 4) is 0 Å². The van der Waals surface area contributed by atoms with Crippen LogP contribution in [0.1, 0.15) is 16.9 Å². The molecule has 0 radical (unpaired) electrons. The predicted molar refractivity (Wildman–Crippen MR) is 71.0 cm³/mol. The van der Waals surface area contributed by atoms with Gasteiger partial charge < -0.3 is 16.2 Å². The number of primary amides is 1. The Morgan fingerprint density at radius 3 is 2.79 bits per heavy atom. The Balaban J connectivity index is 2.42. The lowest BCUT2D eigenvalue weighted by Crippen LogP contribution is -2.16. The van der Waals surface area contributed by atoms with E-state index in [0.717, 1.165) is 0 Å². The number of aromatic carboxylic acids is 1. The van der Waals surface area contributed by atoms with Crippen molar-refractivity contribution < 1.29 is 19.5 Å². The lowest BCUT2D eigenvalue weighted by atomic mass is 10.3. The number of hydrogen-bond donors (Lipinski definition) is 3. The first-order chi connectivity index (χ1) is 8.99. The molecule has 0 aliphatic carbocycles. The number of carboxylic acid groups (broad SMARTS) is 1. The van der Waals surface area contributed by atoms with Gasteiger partial charge in [-0.3, -0.25) is 9.59 Å². The third-order valence-corrected chi connectivity index (χ3v) is 2.96. The number of carboxylic acids is 1. The van der Waals surface area contributed by atoms with E-state index in [1.54, 1.807) is 0 Å². The molecule has 0 bridgehead atoms. The van der Waals surface area contributed by atoms with E-state index in [1.165, 1.54) is 30.1 Å². The summed E-state index contributed by atoms with van der Waals surface area (Å²) in [6.45, 7) is 0. The van der Waals surface area contributed by atoms with Gasteiger partial charge in [-0.1, -0.05) is 0 Å². The van der Waals surface area contributed by atoms with Gasteiger partial charge >= 0.3 is 5.97 Å². The number of hydrogen-bond acceptors (Lipinski definition) is 5. The van der Waals surface area contributed by atoms with Crippen molar-refractivity contribution >= 4 is 35.2 Å². The third-order valence-electron chi connectivity index (χ3n) is 1.98. The highest BCUT2D eigenvalue weighted by molar-refractivity contribution is 7.99. The summed E-state index contributed by atoms with van der Waals surface area (Å²) in [5.74, 6) is -1.21. The van der Waals surface area contributed by atoms with E-state index in [9.17, 15) is 14.4 Å². The van der Waals surface area contributed by atoms with Gasteiger partial charge in [-0.15, -0.1) is 0 Å². The lowest BCUT2D eigenvalue weighted by molar-refractivity contribution is -0.116. The van der Waals surface area contributed by atoms with Gasteiger partial charge in [-0.25, -0.2) is 9.78 Å². The average molecular weight is 283 g/mol. The van der Waals surface area contributed by atoms with Crippen molar-refractivity contribution in [1.82, 2.24) is 4.98 Å². The van der Waals surface area contributed by atoms with Crippen molar-refractivity contribution in [2.45, 2.75) is 6.42 Å². The number of nitrogens with zero attached hydrogens (tertiary/aromatic N) is 1. The van der Waals surface area contributed by atoms with Crippen molar-refractivity contribution in [3.05, 3.63) is 24.0 Å². The van der Waals surface area contributed by atoms with Gasteiger partial charge in [-0.05, 0) is 12.1 Å². The number of aromatic nitrogens is 1. The van der Waals surface area contributed by atoms with Crippen molar-refractivity contribution in [1.29, 1.82) is 0 Å². The van der Waals surface area contributed by atoms with E-state index in [1.807, 2.05) is 0 Å². The molecule has 102 valence electrons. The minimum absolute atomic E-state index is 0.138. The quantitative estimate of drug-likeness (QED) is 0.620. The Labute approximate surface area is 113 Å². The number of carbonyl (C=O) groups excluding carboxylic acids is 2. The Morgan fingerprint density at radius 1 is 1.42 bits per heavy atom. The normalized spacial score (nSPS) is 9.89. The third kappa shape index (κ3) is 5.87. The summed E-state index contributed by atoms with van der Waals surface area (Å²) in [7, 11) is 0. The molecule has 2 amide bonds. The number of anilines is 1. The fraction of sp³-hybridized carbons (Fsp3) is 0.273. The maximum atomic E-state index is 11.5. The maximum Gasteiger partial charge on any atom is 0.354 e. The van der Waals surface area contributed by atoms with Crippen LogP contribution in [-0.2, 0) is 9.59 Å². The van der Waals surface area contributed by atoms with Gasteiger partial charge in [-0.2, -0.15) is 11.8 Å². The first-order valence-corrected chi connectivity index (χ1v) is 6.49. The molecule has 0 spiro atoms. The molecule has 7 nitrogen and oxygen atoms in total. The molecule has 0 aromatic carbocycles. The molecule has 1 rings (SSSR count). The highest BCUT2D eigenvalue weighted by atomic mass is 32.2. The number of rotatable bonds is 7. The van der Waals surface area contributed by atoms with Crippen LogP contribution in [0.25, 0.3) is 0 Å². The van der Waals surface area contributed by atoms with E-state index < -0.39 is 11.9 Å². The summed E-state index contributed by atoms with van der Waals surface area (Å²) in [4.78, 5) is 36.3. The van der Waals surface area contributed by atoms with Gasteiger partial charge in [0.25, 0.3) is 0 Å². The zero-order valence-electron chi connectivity index (χ0n) is 9.96. The van der Waals surface area contributed by atoms with Crippen LogP contribution in [-0.4, -0.2) is 39.4 Å². The molecule has 0 aliphatic heterocycles. The van der Waals surface area contributed by atoms with Gasteiger partial charge in [0.05, 0.1) is 5.75 Å². The Hall–Kier alpha value is -2.09. The summed E-state index contributed by atoms with van der Waals surface area (Å²) >= 11 is 1.27. The average Bonchev–Trinajstić information content (AvgIpc) is 2.34. The number of thioether (sulfide) groups is 1. The smallest absolute Gasteiger partial charge is 0.354 e. The highest BCUT2D eigenvalue weighted by Gasteiger charge is 2.07. The fourth-order valence-corrected chi connectivity index (χ4v) is 1.86. The maximum absolute atomic E-state index is 11.5. The largest absolute Gasteiger partial charge is 0.477 e. The predicted octanol–water partition coefficient (Wildman–Crippen LogP) is 0.327. The molecule has 1 aromatic rings. The standard InChI is InChI=1S/C11H13N3O4S/c12-9(15)6-19-4-2-10(16)14-7-1-3-13-8(5-7)11(17)18/h1,3,5H,2,4,6H2,(H2,12,15)(H,17,18)(H,13,14,16). The molecule has 8 heteroatoms. The Bertz CT molecular complexity index is 493. The van der Waals surface area contributed by atoms with E-state index in [2.05, 4.69) is 10.3 Å². The topological polar surface area (TPSA) is 122 Å². The number of nitrogens with one attached hydrogen (secondary N) is 1. The van der Waals surface area contributed by atoms with Crippen molar-refractivity contribution in [2.75, 3.05) is 16.8 Å². The SMILES string of the molecule is NC(=O)CSCCC(=O)Nc1ccnc(C(=O)O)c1. The van der Waals surface area contributed by atoms with Crippen LogP contribution in [0.5, 0.6) is 0 Å². The number of nitrogens with two attached hydrogens (primary N) is 1. The minimum Gasteiger partial charge on any atom is -0.477 e. The van der Waals surface area contributed by atoms with Crippen molar-refractivity contribution in [2.24, 2.45) is 5.73 Å². The molecule has 19 heavy (non-hydrogen) atoms. The second-order valence-electron chi connectivity index (χ2n) is 3.55. The Morgan fingerprint density at radius 2 is 2.16 bits per heavy atom. The molecule has 4 N–H and O–H groups in total. The molecule has 0 aliphatic rings. The van der Waals surface area contributed by atoms with Gasteiger partial charge in [0.15, 0.2) is 0 Å². The summed E-state index contributed by atoms with van der Waals surface area (Å²) in [6.07, 6.45) is 1.52. The molecule has 0 saturated heterocycles. The van der Waals surface area contributed by atoms with Crippen LogP contribution in [0.4, 0.5) is 5.69 Å². The van der Waals surface area contributed by atoms with Crippen molar-refractivity contribution in [3.63, 3.8) is 0 Å². The Kier molecular flexibility index (Phi) is 5.80. The fourth-order valence-electron chi connectivity index (χ4n) is 1.19. The van der Waals surface area contributed by atoms with Gasteiger partial charge in [0.1, 0.15) is 5.69 Å². The zero-order valence-corrected chi connectivity index (χ0v) is 10.8. The zero-order chi connectivity index (χ0) is 14.3. The van der Waals surface area contributed by atoms with E-state index >= 15 is 0 Å². The van der Waals surface area contributed by atoms with E-state index in [4.69, 9.17) is 10.8 Å². The highest BCUT2D eigenvalue weighted by Crippen LogP contribution is 2.09. The molecular weight excluding hydrogens is 270 g/mol. The van der Waals surface area contributed by atoms with Crippen LogP contribution in [0.15, 0.2) is 18.3 Å².